The molecule has 1 aliphatic heterocycles. The van der Waals surface area contributed by atoms with Crippen LogP contribution in [0.3, 0.4) is 0 Å². The molecule has 7 nitrogen and oxygen atoms in total. The van der Waals surface area contributed by atoms with Crippen molar-refractivity contribution in [3.63, 3.8) is 0 Å². The predicted molar refractivity (Wildman–Crippen MR) is 134 cm³/mol. The number of amides is 1. The van der Waals surface area contributed by atoms with Crippen LogP contribution in [0.4, 0.5) is 11.4 Å². The van der Waals surface area contributed by atoms with Crippen molar-refractivity contribution in [2.75, 3.05) is 36.3 Å². The van der Waals surface area contributed by atoms with Crippen LogP contribution < -0.4 is 10.0 Å². The van der Waals surface area contributed by atoms with E-state index in [4.69, 9.17) is 16.3 Å². The average molecular weight is 500 g/mol. The van der Waals surface area contributed by atoms with Crippen LogP contribution in [0.1, 0.15) is 21.5 Å². The summed E-state index contributed by atoms with van der Waals surface area (Å²) in [4.78, 5) is 15.1. The van der Waals surface area contributed by atoms with E-state index < -0.39 is 10.0 Å². The van der Waals surface area contributed by atoms with E-state index in [0.717, 1.165) is 38.4 Å². The van der Waals surface area contributed by atoms with Crippen LogP contribution in [0, 0.1) is 6.92 Å². The Bertz CT molecular complexity index is 1270. The van der Waals surface area contributed by atoms with Gasteiger partial charge in [-0.05, 0) is 66.6 Å². The van der Waals surface area contributed by atoms with Crippen LogP contribution in [0.15, 0.2) is 71.6 Å². The maximum atomic E-state index is 12.8. The zero-order valence-electron chi connectivity index (χ0n) is 18.8. The first kappa shape index (κ1) is 24.2. The van der Waals surface area contributed by atoms with Crippen molar-refractivity contribution in [2.24, 2.45) is 0 Å². The van der Waals surface area contributed by atoms with Gasteiger partial charge in [-0.2, -0.15) is 0 Å². The van der Waals surface area contributed by atoms with E-state index in [9.17, 15) is 13.2 Å². The van der Waals surface area contributed by atoms with Gasteiger partial charge in [0.15, 0.2) is 0 Å². The number of rotatable bonds is 7. The molecule has 3 aromatic rings. The number of hydrogen-bond acceptors (Lipinski definition) is 5. The van der Waals surface area contributed by atoms with E-state index in [1.165, 1.54) is 12.1 Å². The normalized spacial score (nSPS) is 14.5. The van der Waals surface area contributed by atoms with E-state index >= 15 is 0 Å². The number of carbonyl (C=O) groups is 1. The minimum atomic E-state index is -3.80. The third kappa shape index (κ3) is 5.95. The number of anilines is 2. The molecule has 0 saturated carbocycles. The molecule has 2 N–H and O–H groups in total. The first-order chi connectivity index (χ1) is 16.3. The number of carbonyl (C=O) groups excluding carboxylic acids is 1. The second-order valence-corrected chi connectivity index (χ2v) is 10.2. The summed E-state index contributed by atoms with van der Waals surface area (Å²) in [7, 11) is -3.80. The van der Waals surface area contributed by atoms with Gasteiger partial charge >= 0.3 is 0 Å². The van der Waals surface area contributed by atoms with Crippen LogP contribution in [0.2, 0.25) is 5.02 Å². The molecule has 0 radical (unpaired) electrons. The van der Waals surface area contributed by atoms with Crippen LogP contribution in [-0.4, -0.2) is 45.5 Å². The Labute approximate surface area is 204 Å². The molecule has 9 heteroatoms. The lowest BCUT2D eigenvalue weighted by molar-refractivity contribution is 0.0342. The molecule has 1 amide bonds. The first-order valence-electron chi connectivity index (χ1n) is 10.9. The predicted octanol–water partition coefficient (Wildman–Crippen LogP) is 4.53. The lowest BCUT2D eigenvalue weighted by atomic mass is 10.1. The molecule has 178 valence electrons. The molecular formula is C25H26ClN3O4S. The average Bonchev–Trinajstić information content (AvgIpc) is 2.83. The van der Waals surface area contributed by atoms with Gasteiger partial charge in [0.1, 0.15) is 0 Å². The standard InChI is InChI=1S/C25H26ClN3O4S/c1-18-23(26)6-3-7-24(18)28-34(31,32)22-10-8-21(9-11-22)27-25(30)20-5-2-4-19(16-20)17-29-12-14-33-15-13-29/h2-11,16,28H,12-15,17H2,1H3,(H,27,30). The summed E-state index contributed by atoms with van der Waals surface area (Å²) < 4.78 is 33.5. The van der Waals surface area contributed by atoms with Gasteiger partial charge in [0, 0.05) is 35.9 Å². The summed E-state index contributed by atoms with van der Waals surface area (Å²) >= 11 is 6.08. The fourth-order valence-corrected chi connectivity index (χ4v) is 4.97. The van der Waals surface area contributed by atoms with Gasteiger partial charge in [-0.3, -0.25) is 14.4 Å². The molecule has 0 spiro atoms. The Balaban J connectivity index is 1.41. The van der Waals surface area contributed by atoms with E-state index in [1.54, 1.807) is 43.3 Å². The fourth-order valence-electron chi connectivity index (χ4n) is 3.67. The topological polar surface area (TPSA) is 87.7 Å². The zero-order chi connectivity index (χ0) is 24.1. The van der Waals surface area contributed by atoms with Gasteiger partial charge in [-0.25, -0.2) is 8.42 Å². The molecule has 1 aliphatic rings. The number of nitrogens with zero attached hydrogens (tertiary/aromatic N) is 1. The summed E-state index contributed by atoms with van der Waals surface area (Å²) in [6.45, 7) is 5.69. The molecule has 1 saturated heterocycles. The van der Waals surface area contributed by atoms with Crippen molar-refractivity contribution in [2.45, 2.75) is 18.4 Å². The molecule has 0 atom stereocenters. The van der Waals surface area contributed by atoms with Crippen LogP contribution in [0.25, 0.3) is 0 Å². The van der Waals surface area contributed by atoms with Crippen LogP contribution in [0.5, 0.6) is 0 Å². The van der Waals surface area contributed by atoms with Gasteiger partial charge in [0.2, 0.25) is 0 Å². The lowest BCUT2D eigenvalue weighted by Crippen LogP contribution is -2.35. The maximum absolute atomic E-state index is 12.8. The summed E-state index contributed by atoms with van der Waals surface area (Å²) in [5, 5.41) is 3.31. The second-order valence-electron chi connectivity index (χ2n) is 8.09. The number of halogens is 1. The Kier molecular flexibility index (Phi) is 7.53. The van der Waals surface area contributed by atoms with Gasteiger partial charge in [0.25, 0.3) is 15.9 Å². The Morgan fingerprint density at radius 2 is 1.74 bits per heavy atom. The summed E-state index contributed by atoms with van der Waals surface area (Å²) in [5.41, 5.74) is 3.16. The number of hydrogen-bond donors (Lipinski definition) is 2. The number of ether oxygens (including phenoxy) is 1. The second kappa shape index (κ2) is 10.6. The third-order valence-electron chi connectivity index (χ3n) is 5.63. The molecule has 1 fully saturated rings. The Hall–Kier alpha value is -2.91. The molecule has 4 rings (SSSR count). The summed E-state index contributed by atoms with van der Waals surface area (Å²) in [6.07, 6.45) is 0. The van der Waals surface area contributed by atoms with Crippen molar-refractivity contribution in [1.82, 2.24) is 4.90 Å². The quantitative estimate of drug-likeness (QED) is 0.498. The van der Waals surface area contributed by atoms with E-state index in [-0.39, 0.29) is 10.8 Å². The third-order valence-corrected chi connectivity index (χ3v) is 7.42. The fraction of sp³-hybridized carbons (Fsp3) is 0.240. The van der Waals surface area contributed by atoms with E-state index in [0.29, 0.717) is 27.5 Å². The highest BCUT2D eigenvalue weighted by molar-refractivity contribution is 7.92. The van der Waals surface area contributed by atoms with Gasteiger partial charge in [-0.15, -0.1) is 0 Å². The molecule has 0 unspecified atom stereocenters. The minimum Gasteiger partial charge on any atom is -0.379 e. The Morgan fingerprint density at radius 3 is 2.47 bits per heavy atom. The Morgan fingerprint density at radius 1 is 1.03 bits per heavy atom. The highest BCUT2D eigenvalue weighted by Crippen LogP contribution is 2.26. The summed E-state index contributed by atoms with van der Waals surface area (Å²) in [5.74, 6) is -0.257. The van der Waals surface area contributed by atoms with E-state index in [2.05, 4.69) is 14.9 Å². The first-order valence-corrected chi connectivity index (χ1v) is 12.8. The summed E-state index contributed by atoms with van der Waals surface area (Å²) in [6, 6.07) is 18.6. The minimum absolute atomic E-state index is 0.0809. The molecule has 34 heavy (non-hydrogen) atoms. The van der Waals surface area contributed by atoms with Gasteiger partial charge in [0.05, 0.1) is 23.8 Å². The van der Waals surface area contributed by atoms with Crippen molar-refractivity contribution in [3.05, 3.63) is 88.4 Å². The van der Waals surface area contributed by atoms with Crippen LogP contribution >= 0.6 is 11.6 Å². The monoisotopic (exact) mass is 499 g/mol. The molecule has 0 aromatic heterocycles. The van der Waals surface area contributed by atoms with Crippen molar-refractivity contribution < 1.29 is 17.9 Å². The number of morpholine rings is 1. The smallest absolute Gasteiger partial charge is 0.261 e. The lowest BCUT2D eigenvalue weighted by Gasteiger charge is -2.26. The van der Waals surface area contributed by atoms with Crippen molar-refractivity contribution in [3.8, 4) is 0 Å². The molecule has 0 aliphatic carbocycles. The van der Waals surface area contributed by atoms with Crippen LogP contribution in [-0.2, 0) is 21.3 Å². The van der Waals surface area contributed by atoms with Crippen molar-refractivity contribution >= 4 is 38.9 Å². The van der Waals surface area contributed by atoms with Gasteiger partial charge < -0.3 is 10.1 Å². The van der Waals surface area contributed by atoms with Crippen molar-refractivity contribution in [1.29, 1.82) is 0 Å². The van der Waals surface area contributed by atoms with E-state index in [1.807, 2.05) is 18.2 Å². The maximum Gasteiger partial charge on any atom is 0.261 e. The van der Waals surface area contributed by atoms with Gasteiger partial charge in [-0.1, -0.05) is 29.8 Å². The molecule has 3 aromatic carbocycles. The highest BCUT2D eigenvalue weighted by Gasteiger charge is 2.17. The largest absolute Gasteiger partial charge is 0.379 e. The number of nitrogens with one attached hydrogen (secondary N) is 2. The molecule has 0 bridgehead atoms. The SMILES string of the molecule is Cc1c(Cl)cccc1NS(=O)(=O)c1ccc(NC(=O)c2cccc(CN3CCOCC3)c2)cc1. The highest BCUT2D eigenvalue weighted by atomic mass is 35.5. The molecule has 1 heterocycles. The molecular weight excluding hydrogens is 474 g/mol. The zero-order valence-corrected chi connectivity index (χ0v) is 20.3. The number of benzene rings is 3. The number of sulfonamides is 1.